The van der Waals surface area contributed by atoms with Crippen molar-refractivity contribution in [2.75, 3.05) is 11.5 Å². The molecule has 2 aromatic rings. The molecule has 1 atom stereocenters. The lowest BCUT2D eigenvalue weighted by Crippen LogP contribution is -2.45. The molecule has 5 heteroatoms. The largest absolute Gasteiger partial charge is 0.335 e. The van der Waals surface area contributed by atoms with Gasteiger partial charge in [-0.2, -0.15) is 0 Å². The van der Waals surface area contributed by atoms with Crippen molar-refractivity contribution in [1.82, 2.24) is 4.90 Å². The first kappa shape index (κ1) is 17.3. The lowest BCUT2D eigenvalue weighted by Gasteiger charge is -2.32. The molecule has 26 heavy (non-hydrogen) atoms. The fourth-order valence-electron chi connectivity index (χ4n) is 3.92. The van der Waals surface area contributed by atoms with Crippen LogP contribution in [0.15, 0.2) is 60.7 Å². The van der Waals surface area contributed by atoms with E-state index in [0.717, 1.165) is 24.0 Å². The zero-order valence-corrected chi connectivity index (χ0v) is 15.4. The van der Waals surface area contributed by atoms with Gasteiger partial charge in [0.1, 0.15) is 0 Å². The van der Waals surface area contributed by atoms with Crippen molar-refractivity contribution in [3.8, 4) is 0 Å². The number of carbonyl (C=O) groups is 1. The molecule has 2 aliphatic rings. The van der Waals surface area contributed by atoms with E-state index in [9.17, 15) is 13.2 Å². The molecule has 2 fully saturated rings. The number of rotatable bonds is 5. The summed E-state index contributed by atoms with van der Waals surface area (Å²) in [6.45, 7) is 0. The van der Waals surface area contributed by atoms with Gasteiger partial charge in [-0.25, -0.2) is 8.42 Å². The van der Waals surface area contributed by atoms with Crippen molar-refractivity contribution < 1.29 is 13.2 Å². The minimum absolute atomic E-state index is 0.0343. The molecule has 1 saturated heterocycles. The first-order valence-corrected chi connectivity index (χ1v) is 11.0. The Hall–Kier alpha value is -2.14. The van der Waals surface area contributed by atoms with E-state index >= 15 is 0 Å². The third kappa shape index (κ3) is 3.54. The molecule has 0 aromatic heterocycles. The monoisotopic (exact) mass is 369 g/mol. The second kappa shape index (κ2) is 6.88. The van der Waals surface area contributed by atoms with E-state index < -0.39 is 9.84 Å². The number of hydrogen-bond acceptors (Lipinski definition) is 3. The second-order valence-corrected chi connectivity index (χ2v) is 9.52. The molecular formula is C21H23NO3S. The molecule has 0 N–H and O–H groups in total. The van der Waals surface area contributed by atoms with E-state index in [1.54, 1.807) is 0 Å². The Morgan fingerprint density at radius 1 is 0.846 bits per heavy atom. The van der Waals surface area contributed by atoms with Crippen molar-refractivity contribution in [3.63, 3.8) is 0 Å². The number of carbonyl (C=O) groups excluding carboxylic acids is 1. The smallest absolute Gasteiger partial charge is 0.235 e. The number of hydrogen-bond donors (Lipinski definition) is 0. The standard InChI is InChI=1S/C21H23NO3S/c23-21(22(18-11-12-18)19-13-14-26(24,25)15-19)20(16-7-3-1-4-8-16)17-9-5-2-6-10-17/h1-10,18-20H,11-15H2/t19-/m1/s1. The maximum absolute atomic E-state index is 13.7. The molecule has 136 valence electrons. The van der Waals surface area contributed by atoms with Gasteiger partial charge in [0.15, 0.2) is 9.84 Å². The molecule has 0 radical (unpaired) electrons. The van der Waals surface area contributed by atoms with Crippen LogP contribution in [0.1, 0.15) is 36.3 Å². The highest BCUT2D eigenvalue weighted by Crippen LogP contribution is 2.37. The molecule has 1 aliphatic carbocycles. The SMILES string of the molecule is O=C(C(c1ccccc1)c1ccccc1)N(C1CC1)[C@@H]1CCS(=O)(=O)C1. The molecule has 0 spiro atoms. The van der Waals surface area contributed by atoms with E-state index in [1.807, 2.05) is 65.6 Å². The van der Waals surface area contributed by atoms with Crippen LogP contribution in [0.5, 0.6) is 0 Å². The van der Waals surface area contributed by atoms with Gasteiger partial charge in [-0.3, -0.25) is 4.79 Å². The maximum Gasteiger partial charge on any atom is 0.235 e. The summed E-state index contributed by atoms with van der Waals surface area (Å²) in [4.78, 5) is 15.6. The molecule has 4 rings (SSSR count). The van der Waals surface area contributed by atoms with Crippen LogP contribution >= 0.6 is 0 Å². The van der Waals surface area contributed by atoms with Crippen molar-refractivity contribution in [2.24, 2.45) is 0 Å². The van der Waals surface area contributed by atoms with Gasteiger partial charge in [0.05, 0.1) is 17.4 Å². The first-order chi connectivity index (χ1) is 12.6. The van der Waals surface area contributed by atoms with Gasteiger partial charge in [0.2, 0.25) is 5.91 Å². The summed E-state index contributed by atoms with van der Waals surface area (Å²) in [6, 6.07) is 19.6. The van der Waals surface area contributed by atoms with E-state index in [1.165, 1.54) is 0 Å². The Morgan fingerprint density at radius 3 is 1.81 bits per heavy atom. The van der Waals surface area contributed by atoms with Crippen LogP contribution in [-0.4, -0.2) is 42.8 Å². The highest BCUT2D eigenvalue weighted by molar-refractivity contribution is 7.91. The zero-order chi connectivity index (χ0) is 18.1. The summed E-state index contributed by atoms with van der Waals surface area (Å²) >= 11 is 0. The van der Waals surface area contributed by atoms with Gasteiger partial charge < -0.3 is 4.90 Å². The minimum atomic E-state index is -3.03. The highest BCUT2D eigenvalue weighted by Gasteiger charge is 2.44. The summed E-state index contributed by atoms with van der Waals surface area (Å²) in [6.07, 6.45) is 2.50. The van der Waals surface area contributed by atoms with Crippen molar-refractivity contribution in [3.05, 3.63) is 71.8 Å². The summed E-state index contributed by atoms with van der Waals surface area (Å²) in [5.41, 5.74) is 1.91. The lowest BCUT2D eigenvalue weighted by molar-refractivity contribution is -0.134. The van der Waals surface area contributed by atoms with Gasteiger partial charge in [-0.05, 0) is 30.4 Å². The van der Waals surface area contributed by atoms with Gasteiger partial charge >= 0.3 is 0 Å². The quantitative estimate of drug-likeness (QED) is 0.814. The Morgan fingerprint density at radius 2 is 1.38 bits per heavy atom. The van der Waals surface area contributed by atoms with E-state index in [2.05, 4.69) is 0 Å². The Kier molecular flexibility index (Phi) is 4.57. The molecule has 2 aromatic carbocycles. The molecule has 1 amide bonds. The lowest BCUT2D eigenvalue weighted by atomic mass is 9.89. The van der Waals surface area contributed by atoms with Crippen LogP contribution in [-0.2, 0) is 14.6 Å². The summed E-state index contributed by atoms with van der Waals surface area (Å²) in [5.74, 6) is -0.0607. The minimum Gasteiger partial charge on any atom is -0.335 e. The topological polar surface area (TPSA) is 54.5 Å². The average molecular weight is 369 g/mol. The zero-order valence-electron chi connectivity index (χ0n) is 14.6. The van der Waals surface area contributed by atoms with Gasteiger partial charge in [0, 0.05) is 12.1 Å². The number of sulfone groups is 1. The molecule has 1 heterocycles. The Labute approximate surface area is 154 Å². The predicted molar refractivity (Wildman–Crippen MR) is 102 cm³/mol. The van der Waals surface area contributed by atoms with Gasteiger partial charge in [0.25, 0.3) is 0 Å². The summed E-state index contributed by atoms with van der Waals surface area (Å²) < 4.78 is 24.0. The van der Waals surface area contributed by atoms with Crippen molar-refractivity contribution >= 4 is 15.7 Å². The van der Waals surface area contributed by atoms with Crippen molar-refractivity contribution in [1.29, 1.82) is 0 Å². The fraction of sp³-hybridized carbons (Fsp3) is 0.381. The molecule has 0 bridgehead atoms. The Balaban J connectivity index is 1.71. The van der Waals surface area contributed by atoms with Crippen LogP contribution in [0.25, 0.3) is 0 Å². The van der Waals surface area contributed by atoms with Crippen LogP contribution < -0.4 is 0 Å². The van der Waals surface area contributed by atoms with Crippen molar-refractivity contribution in [2.45, 2.75) is 37.3 Å². The fourth-order valence-corrected chi connectivity index (χ4v) is 5.63. The molecular weight excluding hydrogens is 346 g/mol. The number of nitrogens with zero attached hydrogens (tertiary/aromatic N) is 1. The molecule has 1 aliphatic heterocycles. The maximum atomic E-state index is 13.7. The van der Waals surface area contributed by atoms with Crippen LogP contribution in [0.3, 0.4) is 0 Å². The van der Waals surface area contributed by atoms with E-state index in [-0.39, 0.29) is 35.4 Å². The third-order valence-electron chi connectivity index (χ3n) is 5.31. The normalized spacial score (nSPS) is 21.7. The van der Waals surface area contributed by atoms with E-state index in [4.69, 9.17) is 0 Å². The molecule has 0 unspecified atom stereocenters. The summed E-state index contributed by atoms with van der Waals surface area (Å²) in [7, 11) is -3.03. The van der Waals surface area contributed by atoms with Crippen LogP contribution in [0, 0.1) is 0 Å². The van der Waals surface area contributed by atoms with Crippen LogP contribution in [0.2, 0.25) is 0 Å². The summed E-state index contributed by atoms with van der Waals surface area (Å²) in [5, 5.41) is 0. The third-order valence-corrected chi connectivity index (χ3v) is 7.06. The predicted octanol–water partition coefficient (Wildman–Crippen LogP) is 3.00. The molecule has 1 saturated carbocycles. The second-order valence-electron chi connectivity index (χ2n) is 7.29. The van der Waals surface area contributed by atoms with Crippen LogP contribution in [0.4, 0.5) is 0 Å². The van der Waals surface area contributed by atoms with E-state index in [0.29, 0.717) is 6.42 Å². The number of amides is 1. The molecule has 4 nitrogen and oxygen atoms in total. The van der Waals surface area contributed by atoms with Gasteiger partial charge in [-0.1, -0.05) is 60.7 Å². The average Bonchev–Trinajstić information content (AvgIpc) is 3.40. The first-order valence-electron chi connectivity index (χ1n) is 9.18. The van der Waals surface area contributed by atoms with Gasteiger partial charge in [-0.15, -0.1) is 0 Å². The number of benzene rings is 2. The Bertz CT molecular complexity index is 836. The highest BCUT2D eigenvalue weighted by atomic mass is 32.2.